The lowest BCUT2D eigenvalue weighted by Crippen LogP contribution is -2.34. The van der Waals surface area contributed by atoms with E-state index in [1.54, 1.807) is 35.3 Å². The first-order valence-electron chi connectivity index (χ1n) is 8.23. The Labute approximate surface area is 154 Å². The van der Waals surface area contributed by atoms with Crippen molar-refractivity contribution in [1.82, 2.24) is 4.90 Å². The van der Waals surface area contributed by atoms with Gasteiger partial charge in [-0.3, -0.25) is 14.9 Å². The van der Waals surface area contributed by atoms with Crippen molar-refractivity contribution in [2.45, 2.75) is 25.8 Å². The summed E-state index contributed by atoms with van der Waals surface area (Å²) in [6.07, 6.45) is 1.77. The third kappa shape index (κ3) is 3.60. The van der Waals surface area contributed by atoms with Gasteiger partial charge in [-0.2, -0.15) is 0 Å². The number of likely N-dealkylation sites (tertiary alicyclic amines) is 1. The molecule has 26 heavy (non-hydrogen) atoms. The molecule has 0 saturated carbocycles. The lowest BCUT2D eigenvalue weighted by atomic mass is 10.1. The normalized spacial score (nSPS) is 16.5. The van der Waals surface area contributed by atoms with Crippen LogP contribution in [0.2, 0.25) is 0 Å². The summed E-state index contributed by atoms with van der Waals surface area (Å²) < 4.78 is 5.08. The van der Waals surface area contributed by atoms with Crippen molar-refractivity contribution >= 4 is 28.9 Å². The maximum absolute atomic E-state index is 12.5. The smallest absolute Gasteiger partial charge is 0.345 e. The average Bonchev–Trinajstić information content (AvgIpc) is 3.29. The number of rotatable bonds is 5. The molecule has 0 bridgehead atoms. The number of ether oxygens (including phenoxy) is 1. The van der Waals surface area contributed by atoms with Gasteiger partial charge >= 0.3 is 5.97 Å². The highest BCUT2D eigenvalue weighted by atomic mass is 32.1. The van der Waals surface area contributed by atoms with Crippen LogP contribution >= 0.6 is 11.3 Å². The zero-order valence-electron chi connectivity index (χ0n) is 14.2. The second kappa shape index (κ2) is 7.65. The van der Waals surface area contributed by atoms with Gasteiger partial charge in [0.25, 0.3) is 11.6 Å². The SMILES string of the molecule is Cc1cccc(C(=O)OCC(=O)N2CCCC2c2cccs2)c1[N+](=O)[O-]. The van der Waals surface area contributed by atoms with Crippen LogP contribution < -0.4 is 0 Å². The number of hydrogen-bond donors (Lipinski definition) is 0. The summed E-state index contributed by atoms with van der Waals surface area (Å²) in [6.45, 7) is 1.74. The van der Waals surface area contributed by atoms with Gasteiger partial charge < -0.3 is 9.64 Å². The molecule has 1 atom stereocenters. The summed E-state index contributed by atoms with van der Waals surface area (Å²) in [5.74, 6) is -1.15. The number of amides is 1. The molecule has 1 amide bonds. The topological polar surface area (TPSA) is 89.8 Å². The van der Waals surface area contributed by atoms with Crippen LogP contribution in [0.25, 0.3) is 0 Å². The van der Waals surface area contributed by atoms with E-state index in [9.17, 15) is 19.7 Å². The first kappa shape index (κ1) is 18.1. The molecule has 1 unspecified atom stereocenters. The van der Waals surface area contributed by atoms with Gasteiger partial charge in [0.15, 0.2) is 6.61 Å². The molecular formula is C18H18N2O5S. The minimum absolute atomic E-state index is 0.00880. The molecule has 0 N–H and O–H groups in total. The van der Waals surface area contributed by atoms with Crippen LogP contribution in [-0.4, -0.2) is 34.9 Å². The molecule has 1 aliphatic heterocycles. The number of nitro groups is 1. The number of benzene rings is 1. The van der Waals surface area contributed by atoms with Gasteiger partial charge in [-0.05, 0) is 37.3 Å². The van der Waals surface area contributed by atoms with Crippen LogP contribution in [0, 0.1) is 17.0 Å². The number of carbonyl (C=O) groups is 2. The standard InChI is InChI=1S/C18H18N2O5S/c1-12-5-2-6-13(17(12)20(23)24)18(22)25-11-16(21)19-9-3-7-14(19)15-8-4-10-26-15/h2,4-6,8,10,14H,3,7,9,11H2,1H3. The Kier molecular flexibility index (Phi) is 5.32. The minimum Gasteiger partial charge on any atom is -0.452 e. The zero-order valence-corrected chi connectivity index (χ0v) is 15.0. The molecule has 0 spiro atoms. The zero-order chi connectivity index (χ0) is 18.7. The van der Waals surface area contributed by atoms with Gasteiger partial charge in [0.2, 0.25) is 0 Å². The van der Waals surface area contributed by atoms with Crippen LogP contribution in [-0.2, 0) is 9.53 Å². The van der Waals surface area contributed by atoms with E-state index >= 15 is 0 Å². The molecule has 1 aromatic carbocycles. The van der Waals surface area contributed by atoms with Gasteiger partial charge in [0, 0.05) is 17.0 Å². The molecule has 8 heteroatoms. The number of aryl methyl sites for hydroxylation is 1. The number of hydrogen-bond acceptors (Lipinski definition) is 6. The lowest BCUT2D eigenvalue weighted by Gasteiger charge is -2.23. The van der Waals surface area contributed by atoms with Crippen LogP contribution in [0.15, 0.2) is 35.7 Å². The van der Waals surface area contributed by atoms with Gasteiger partial charge in [0.05, 0.1) is 11.0 Å². The molecule has 1 saturated heterocycles. The minimum atomic E-state index is -0.861. The lowest BCUT2D eigenvalue weighted by molar-refractivity contribution is -0.385. The van der Waals surface area contributed by atoms with E-state index < -0.39 is 17.5 Å². The number of nitro benzene ring substituents is 1. The van der Waals surface area contributed by atoms with Crippen molar-refractivity contribution in [1.29, 1.82) is 0 Å². The molecule has 3 rings (SSSR count). The average molecular weight is 374 g/mol. The third-order valence-corrected chi connectivity index (χ3v) is 5.39. The fourth-order valence-electron chi connectivity index (χ4n) is 3.20. The van der Waals surface area contributed by atoms with Crippen molar-refractivity contribution in [3.63, 3.8) is 0 Å². The second-order valence-corrected chi connectivity index (χ2v) is 7.04. The highest BCUT2D eigenvalue weighted by Crippen LogP contribution is 2.34. The Balaban J connectivity index is 1.67. The molecule has 1 aliphatic rings. The summed E-state index contributed by atoms with van der Waals surface area (Å²) >= 11 is 1.59. The third-order valence-electron chi connectivity index (χ3n) is 4.41. The van der Waals surface area contributed by atoms with Crippen LogP contribution in [0.3, 0.4) is 0 Å². The monoisotopic (exact) mass is 374 g/mol. The fraction of sp³-hybridized carbons (Fsp3) is 0.333. The number of esters is 1. The number of para-hydroxylation sites is 1. The largest absolute Gasteiger partial charge is 0.452 e. The predicted molar refractivity (Wildman–Crippen MR) is 96.1 cm³/mol. The summed E-state index contributed by atoms with van der Waals surface area (Å²) in [7, 11) is 0. The molecule has 1 aromatic heterocycles. The van der Waals surface area contributed by atoms with Crippen molar-refractivity contribution in [3.05, 3.63) is 61.8 Å². The summed E-state index contributed by atoms with van der Waals surface area (Å²) in [5.41, 5.74) is -0.0605. The van der Waals surface area contributed by atoms with E-state index in [0.717, 1.165) is 17.7 Å². The highest BCUT2D eigenvalue weighted by molar-refractivity contribution is 7.10. The Bertz CT molecular complexity index is 834. The Morgan fingerprint density at radius 3 is 2.85 bits per heavy atom. The number of nitrogens with zero attached hydrogens (tertiary/aromatic N) is 2. The van der Waals surface area contributed by atoms with Gasteiger partial charge in [-0.1, -0.05) is 18.2 Å². The quantitative estimate of drug-likeness (QED) is 0.454. The summed E-state index contributed by atoms with van der Waals surface area (Å²) in [4.78, 5) is 38.2. The van der Waals surface area contributed by atoms with E-state index in [0.29, 0.717) is 12.1 Å². The molecular weight excluding hydrogens is 356 g/mol. The first-order valence-corrected chi connectivity index (χ1v) is 9.11. The highest BCUT2D eigenvalue weighted by Gasteiger charge is 2.31. The Morgan fingerprint density at radius 2 is 2.15 bits per heavy atom. The number of thiophene rings is 1. The molecule has 2 aromatic rings. The maximum Gasteiger partial charge on any atom is 0.345 e. The van der Waals surface area contributed by atoms with Crippen molar-refractivity contribution < 1.29 is 19.2 Å². The van der Waals surface area contributed by atoms with Crippen LogP contribution in [0.4, 0.5) is 5.69 Å². The number of carbonyl (C=O) groups excluding carboxylic acids is 2. The maximum atomic E-state index is 12.5. The van der Waals surface area contributed by atoms with E-state index in [1.807, 2.05) is 17.5 Å². The van der Waals surface area contributed by atoms with Gasteiger partial charge in [-0.25, -0.2) is 4.79 Å². The fourth-order valence-corrected chi connectivity index (χ4v) is 4.07. The van der Waals surface area contributed by atoms with E-state index in [1.165, 1.54) is 6.07 Å². The van der Waals surface area contributed by atoms with Crippen molar-refractivity contribution in [2.24, 2.45) is 0 Å². The summed E-state index contributed by atoms with van der Waals surface area (Å²) in [6, 6.07) is 8.38. The van der Waals surface area contributed by atoms with E-state index in [2.05, 4.69) is 0 Å². The van der Waals surface area contributed by atoms with Gasteiger partial charge in [-0.15, -0.1) is 11.3 Å². The Morgan fingerprint density at radius 1 is 1.35 bits per heavy atom. The van der Waals surface area contributed by atoms with E-state index in [-0.39, 0.29) is 23.2 Å². The molecule has 7 nitrogen and oxygen atoms in total. The molecule has 136 valence electrons. The van der Waals surface area contributed by atoms with Crippen molar-refractivity contribution in [3.8, 4) is 0 Å². The van der Waals surface area contributed by atoms with Crippen LogP contribution in [0.1, 0.15) is 39.7 Å². The molecule has 0 radical (unpaired) electrons. The predicted octanol–water partition coefficient (Wildman–Crippen LogP) is 3.49. The van der Waals surface area contributed by atoms with Gasteiger partial charge in [0.1, 0.15) is 5.56 Å². The summed E-state index contributed by atoms with van der Waals surface area (Å²) in [5, 5.41) is 13.2. The molecule has 0 aliphatic carbocycles. The first-order chi connectivity index (χ1) is 12.5. The molecule has 1 fully saturated rings. The Hall–Kier alpha value is -2.74. The van der Waals surface area contributed by atoms with E-state index in [4.69, 9.17) is 4.74 Å². The molecule has 2 heterocycles. The second-order valence-electron chi connectivity index (χ2n) is 6.06. The van der Waals surface area contributed by atoms with Crippen LogP contribution in [0.5, 0.6) is 0 Å². The van der Waals surface area contributed by atoms with Crippen molar-refractivity contribution in [2.75, 3.05) is 13.2 Å².